The molecule has 3 aromatic rings. The lowest BCUT2D eigenvalue weighted by molar-refractivity contribution is 0.649. The van der Waals surface area contributed by atoms with E-state index in [0.29, 0.717) is 12.5 Å². The second-order valence-electron chi connectivity index (χ2n) is 5.99. The number of fused-ring (bicyclic) bond motifs is 1. The molecule has 5 heteroatoms. The van der Waals surface area contributed by atoms with E-state index in [1.807, 2.05) is 12.1 Å². The van der Waals surface area contributed by atoms with Gasteiger partial charge in [0.15, 0.2) is 0 Å². The van der Waals surface area contributed by atoms with Gasteiger partial charge in [-0.25, -0.2) is 4.98 Å². The SMILES string of the molecule is CC(C)Cc1cccc2nc(Cn3cccc(N)c3=O)[nH]c12. The zero-order valence-corrected chi connectivity index (χ0v) is 12.8. The summed E-state index contributed by atoms with van der Waals surface area (Å²) < 4.78 is 1.56. The number of nitrogen functional groups attached to an aromatic ring is 1. The summed E-state index contributed by atoms with van der Waals surface area (Å²) in [4.78, 5) is 19.9. The largest absolute Gasteiger partial charge is 0.394 e. The fourth-order valence-corrected chi connectivity index (χ4v) is 2.67. The maximum atomic E-state index is 12.0. The minimum atomic E-state index is -0.189. The molecule has 5 nitrogen and oxygen atoms in total. The highest BCUT2D eigenvalue weighted by molar-refractivity contribution is 5.78. The number of aromatic amines is 1. The fourth-order valence-electron chi connectivity index (χ4n) is 2.67. The molecule has 3 N–H and O–H groups in total. The van der Waals surface area contributed by atoms with Crippen LogP contribution in [0.4, 0.5) is 5.69 Å². The number of rotatable bonds is 4. The monoisotopic (exact) mass is 296 g/mol. The first-order valence-corrected chi connectivity index (χ1v) is 7.46. The molecule has 22 heavy (non-hydrogen) atoms. The zero-order chi connectivity index (χ0) is 15.7. The summed E-state index contributed by atoms with van der Waals surface area (Å²) in [5.41, 5.74) is 8.97. The number of nitrogens with zero attached hydrogens (tertiary/aromatic N) is 2. The Bertz CT molecular complexity index is 860. The van der Waals surface area contributed by atoms with E-state index in [2.05, 4.69) is 29.9 Å². The van der Waals surface area contributed by atoms with Crippen LogP contribution in [-0.4, -0.2) is 14.5 Å². The molecule has 114 valence electrons. The van der Waals surface area contributed by atoms with Crippen molar-refractivity contribution in [2.75, 3.05) is 5.73 Å². The van der Waals surface area contributed by atoms with Crippen LogP contribution in [-0.2, 0) is 13.0 Å². The molecular weight excluding hydrogens is 276 g/mol. The van der Waals surface area contributed by atoms with E-state index in [0.717, 1.165) is 23.3 Å². The van der Waals surface area contributed by atoms with Gasteiger partial charge in [0.1, 0.15) is 5.82 Å². The van der Waals surface area contributed by atoms with Gasteiger partial charge in [-0.05, 0) is 36.1 Å². The van der Waals surface area contributed by atoms with Gasteiger partial charge < -0.3 is 15.3 Å². The number of benzene rings is 1. The molecule has 1 aromatic carbocycles. The summed E-state index contributed by atoms with van der Waals surface area (Å²) in [6.07, 6.45) is 2.72. The number of hydrogen-bond acceptors (Lipinski definition) is 3. The molecule has 0 aliphatic rings. The topological polar surface area (TPSA) is 76.7 Å². The lowest BCUT2D eigenvalue weighted by atomic mass is 10.0. The first-order valence-electron chi connectivity index (χ1n) is 7.46. The normalized spacial score (nSPS) is 11.4. The molecule has 0 spiro atoms. The van der Waals surface area contributed by atoms with E-state index in [4.69, 9.17) is 5.73 Å². The minimum absolute atomic E-state index is 0.189. The molecule has 0 aliphatic heterocycles. The third-order valence-electron chi connectivity index (χ3n) is 3.65. The predicted molar refractivity (Wildman–Crippen MR) is 88.9 cm³/mol. The molecule has 0 bridgehead atoms. The van der Waals surface area contributed by atoms with Crippen LogP contribution >= 0.6 is 0 Å². The third-order valence-corrected chi connectivity index (χ3v) is 3.65. The van der Waals surface area contributed by atoms with Crippen molar-refractivity contribution in [3.63, 3.8) is 0 Å². The molecule has 0 saturated heterocycles. The van der Waals surface area contributed by atoms with Crippen molar-refractivity contribution in [2.24, 2.45) is 5.92 Å². The first kappa shape index (κ1) is 14.4. The van der Waals surface area contributed by atoms with Gasteiger partial charge in [0.05, 0.1) is 23.3 Å². The molecule has 0 amide bonds. The van der Waals surface area contributed by atoms with Gasteiger partial charge in [0.25, 0.3) is 5.56 Å². The van der Waals surface area contributed by atoms with Crippen LogP contribution in [0.5, 0.6) is 0 Å². The lowest BCUT2D eigenvalue weighted by Crippen LogP contribution is -2.22. The summed E-state index contributed by atoms with van der Waals surface area (Å²) in [5, 5.41) is 0. The Kier molecular flexibility index (Phi) is 3.71. The number of pyridine rings is 1. The maximum Gasteiger partial charge on any atom is 0.274 e. The summed E-state index contributed by atoms with van der Waals surface area (Å²) in [6, 6.07) is 9.51. The van der Waals surface area contributed by atoms with Crippen molar-refractivity contribution in [2.45, 2.75) is 26.8 Å². The molecule has 0 atom stereocenters. The van der Waals surface area contributed by atoms with Crippen molar-refractivity contribution in [3.05, 3.63) is 58.3 Å². The van der Waals surface area contributed by atoms with E-state index in [1.54, 1.807) is 22.9 Å². The van der Waals surface area contributed by atoms with Crippen LogP contribution in [0.15, 0.2) is 41.3 Å². The van der Waals surface area contributed by atoms with E-state index >= 15 is 0 Å². The number of anilines is 1. The summed E-state index contributed by atoms with van der Waals surface area (Å²) >= 11 is 0. The Morgan fingerprint density at radius 3 is 2.86 bits per heavy atom. The summed E-state index contributed by atoms with van der Waals surface area (Å²) in [7, 11) is 0. The van der Waals surface area contributed by atoms with Gasteiger partial charge in [-0.3, -0.25) is 4.79 Å². The molecule has 0 unspecified atom stereocenters. The number of H-pyrrole nitrogens is 1. The van der Waals surface area contributed by atoms with E-state index in [-0.39, 0.29) is 11.2 Å². The van der Waals surface area contributed by atoms with Crippen LogP contribution in [0.2, 0.25) is 0 Å². The highest BCUT2D eigenvalue weighted by Gasteiger charge is 2.09. The van der Waals surface area contributed by atoms with Gasteiger partial charge >= 0.3 is 0 Å². The molecule has 0 fully saturated rings. The van der Waals surface area contributed by atoms with E-state index in [9.17, 15) is 4.79 Å². The van der Waals surface area contributed by atoms with Crippen molar-refractivity contribution in [3.8, 4) is 0 Å². The highest BCUT2D eigenvalue weighted by Crippen LogP contribution is 2.19. The number of hydrogen-bond donors (Lipinski definition) is 2. The van der Waals surface area contributed by atoms with Crippen molar-refractivity contribution >= 4 is 16.7 Å². The second-order valence-corrected chi connectivity index (χ2v) is 5.99. The Labute approximate surface area is 128 Å². The summed E-state index contributed by atoms with van der Waals surface area (Å²) in [5.74, 6) is 1.34. The number of aromatic nitrogens is 3. The van der Waals surface area contributed by atoms with Crippen LogP contribution in [0.1, 0.15) is 25.2 Å². The number of nitrogens with two attached hydrogens (primary N) is 1. The first-order chi connectivity index (χ1) is 10.5. The summed E-state index contributed by atoms with van der Waals surface area (Å²) in [6.45, 7) is 4.78. The average molecular weight is 296 g/mol. The molecule has 0 radical (unpaired) electrons. The van der Waals surface area contributed by atoms with Gasteiger partial charge in [-0.1, -0.05) is 26.0 Å². The maximum absolute atomic E-state index is 12.0. The highest BCUT2D eigenvalue weighted by atomic mass is 16.1. The van der Waals surface area contributed by atoms with Gasteiger partial charge in [0.2, 0.25) is 0 Å². The smallest absolute Gasteiger partial charge is 0.274 e. The van der Waals surface area contributed by atoms with E-state index in [1.165, 1.54) is 5.56 Å². The molecular formula is C17H20N4O. The van der Waals surface area contributed by atoms with Gasteiger partial charge in [-0.15, -0.1) is 0 Å². The van der Waals surface area contributed by atoms with Crippen LogP contribution < -0.4 is 11.3 Å². The number of imidazole rings is 1. The fraction of sp³-hybridized carbons (Fsp3) is 0.294. The van der Waals surface area contributed by atoms with Gasteiger partial charge in [0, 0.05) is 6.20 Å². The average Bonchev–Trinajstić information content (AvgIpc) is 2.87. The van der Waals surface area contributed by atoms with Crippen LogP contribution in [0.3, 0.4) is 0 Å². The Morgan fingerprint density at radius 2 is 2.09 bits per heavy atom. The third kappa shape index (κ3) is 2.74. The van der Waals surface area contributed by atoms with Crippen molar-refractivity contribution in [1.82, 2.24) is 14.5 Å². The quantitative estimate of drug-likeness (QED) is 0.776. The Hall–Kier alpha value is -2.56. The minimum Gasteiger partial charge on any atom is -0.394 e. The molecule has 3 rings (SSSR count). The van der Waals surface area contributed by atoms with Gasteiger partial charge in [-0.2, -0.15) is 0 Å². The second kappa shape index (κ2) is 5.67. The molecule has 2 aromatic heterocycles. The zero-order valence-electron chi connectivity index (χ0n) is 12.8. The molecule has 0 saturated carbocycles. The van der Waals surface area contributed by atoms with Crippen molar-refractivity contribution in [1.29, 1.82) is 0 Å². The predicted octanol–water partition coefficient (Wildman–Crippen LogP) is 2.55. The number of nitrogens with one attached hydrogen (secondary N) is 1. The van der Waals surface area contributed by atoms with Crippen LogP contribution in [0, 0.1) is 5.92 Å². The number of para-hydroxylation sites is 1. The van der Waals surface area contributed by atoms with E-state index < -0.39 is 0 Å². The Balaban J connectivity index is 1.99. The molecule has 2 heterocycles. The lowest BCUT2D eigenvalue weighted by Gasteiger charge is -2.05. The standard InChI is InChI=1S/C17H20N4O/c1-11(2)9-12-5-3-7-14-16(12)20-15(19-14)10-21-8-4-6-13(18)17(21)22/h3-8,11H,9-10,18H2,1-2H3,(H,19,20). The van der Waals surface area contributed by atoms with Crippen molar-refractivity contribution < 1.29 is 0 Å². The molecule has 0 aliphatic carbocycles. The Morgan fingerprint density at radius 1 is 1.27 bits per heavy atom. The van der Waals surface area contributed by atoms with Crippen LogP contribution in [0.25, 0.3) is 11.0 Å².